The van der Waals surface area contributed by atoms with Gasteiger partial charge in [0, 0.05) is 0 Å². The zero-order chi connectivity index (χ0) is 22.1. The Morgan fingerprint density at radius 2 is 1.80 bits per heavy atom. The van der Waals surface area contributed by atoms with E-state index in [1.54, 1.807) is 0 Å². The number of carbonyl (C=O) groups is 3. The second-order valence-electron chi connectivity index (χ2n) is 6.73. The summed E-state index contributed by atoms with van der Waals surface area (Å²) >= 11 is 0. The first-order valence-corrected chi connectivity index (χ1v) is 8.67. The molecule has 10 heteroatoms. The summed E-state index contributed by atoms with van der Waals surface area (Å²) < 4.78 is 39.2. The molecule has 1 saturated heterocycles. The molecular weight excluding hydrogens is 401 g/mol. The molecule has 30 heavy (non-hydrogen) atoms. The quantitative estimate of drug-likeness (QED) is 0.748. The Labute approximate surface area is 169 Å². The molecule has 7 nitrogen and oxygen atoms in total. The lowest BCUT2D eigenvalue weighted by Gasteiger charge is -2.22. The number of urea groups is 1. The maximum Gasteiger partial charge on any atom is 0.418 e. The first-order valence-electron chi connectivity index (χ1n) is 8.67. The van der Waals surface area contributed by atoms with Gasteiger partial charge in [-0.15, -0.1) is 0 Å². The third kappa shape index (κ3) is 3.82. The van der Waals surface area contributed by atoms with Gasteiger partial charge in [-0.05, 0) is 36.8 Å². The van der Waals surface area contributed by atoms with Crippen molar-refractivity contribution < 1.29 is 27.6 Å². The summed E-state index contributed by atoms with van der Waals surface area (Å²) in [5.74, 6) is -1.70. The van der Waals surface area contributed by atoms with Gasteiger partial charge in [0.05, 0.1) is 22.9 Å². The van der Waals surface area contributed by atoms with E-state index < -0.39 is 47.4 Å². The van der Waals surface area contributed by atoms with E-state index in [0.29, 0.717) is 16.0 Å². The Balaban J connectivity index is 1.78. The lowest BCUT2D eigenvalue weighted by Crippen LogP contribution is -2.42. The van der Waals surface area contributed by atoms with Gasteiger partial charge in [0.15, 0.2) is 0 Å². The predicted octanol–water partition coefficient (Wildman–Crippen LogP) is 2.98. The van der Waals surface area contributed by atoms with Crippen LogP contribution in [-0.4, -0.2) is 29.3 Å². The van der Waals surface area contributed by atoms with E-state index in [1.807, 2.05) is 6.07 Å². The van der Waals surface area contributed by atoms with Crippen LogP contribution in [0.15, 0.2) is 48.5 Å². The molecule has 1 heterocycles. The van der Waals surface area contributed by atoms with Crippen LogP contribution in [-0.2, 0) is 21.3 Å². The topological polar surface area (TPSA) is 102 Å². The Hall–Kier alpha value is -3.87. The van der Waals surface area contributed by atoms with E-state index in [4.69, 9.17) is 5.26 Å². The van der Waals surface area contributed by atoms with Gasteiger partial charge in [0.2, 0.25) is 5.91 Å². The molecule has 4 amide bonds. The Kier molecular flexibility index (Phi) is 5.22. The molecule has 0 bridgehead atoms. The average molecular weight is 416 g/mol. The molecule has 0 aliphatic carbocycles. The van der Waals surface area contributed by atoms with E-state index in [-0.39, 0.29) is 0 Å². The van der Waals surface area contributed by atoms with Crippen LogP contribution >= 0.6 is 0 Å². The van der Waals surface area contributed by atoms with E-state index in [9.17, 15) is 27.6 Å². The minimum Gasteiger partial charge on any atom is -0.324 e. The summed E-state index contributed by atoms with van der Waals surface area (Å²) in [6.07, 6.45) is -4.68. The number of benzene rings is 2. The lowest BCUT2D eigenvalue weighted by atomic mass is 9.91. The third-order valence-corrected chi connectivity index (χ3v) is 4.67. The van der Waals surface area contributed by atoms with Crippen molar-refractivity contribution in [3.63, 3.8) is 0 Å². The highest BCUT2D eigenvalue weighted by molar-refractivity contribution is 6.10. The molecule has 1 atom stereocenters. The second-order valence-corrected chi connectivity index (χ2v) is 6.73. The van der Waals surface area contributed by atoms with E-state index in [1.165, 1.54) is 43.3 Å². The van der Waals surface area contributed by atoms with Crippen molar-refractivity contribution in [3.8, 4) is 6.07 Å². The van der Waals surface area contributed by atoms with Crippen LogP contribution in [0.4, 0.5) is 23.7 Å². The van der Waals surface area contributed by atoms with Gasteiger partial charge in [-0.1, -0.05) is 24.3 Å². The van der Waals surface area contributed by atoms with Crippen LogP contribution < -0.4 is 10.6 Å². The molecule has 3 rings (SSSR count). The monoisotopic (exact) mass is 416 g/mol. The summed E-state index contributed by atoms with van der Waals surface area (Å²) in [5, 5.41) is 13.5. The van der Waals surface area contributed by atoms with Crippen LogP contribution in [0, 0.1) is 11.3 Å². The highest BCUT2D eigenvalue weighted by atomic mass is 19.4. The highest BCUT2D eigenvalue weighted by Gasteiger charge is 2.49. The Morgan fingerprint density at radius 1 is 1.17 bits per heavy atom. The first kappa shape index (κ1) is 20.9. The summed E-state index contributed by atoms with van der Waals surface area (Å²) in [6, 6.07) is 11.4. The molecule has 1 aliphatic rings. The second kappa shape index (κ2) is 7.51. The molecule has 2 aromatic carbocycles. The fraction of sp³-hybridized carbons (Fsp3) is 0.200. The van der Waals surface area contributed by atoms with Gasteiger partial charge < -0.3 is 10.6 Å². The van der Waals surface area contributed by atoms with Crippen molar-refractivity contribution in [1.29, 1.82) is 5.26 Å². The number of hydrogen-bond acceptors (Lipinski definition) is 4. The summed E-state index contributed by atoms with van der Waals surface area (Å²) in [4.78, 5) is 38.0. The number of carbonyl (C=O) groups excluding carboxylic acids is 3. The number of para-hydroxylation sites is 1. The standard InChI is InChI=1S/C20H15F3N4O3/c1-19(13-8-6-12(10-24)7-9-13)17(29)27(18(30)26-19)11-16(28)25-15-5-3-2-4-14(15)20(21,22)23/h2-9H,11H2,1H3,(H,25,28)(H,26,30). The van der Waals surface area contributed by atoms with Crippen LogP contribution in [0.3, 0.4) is 0 Å². The molecule has 1 unspecified atom stereocenters. The number of alkyl halides is 3. The maximum absolute atomic E-state index is 13.1. The minimum atomic E-state index is -4.68. The normalized spacial score (nSPS) is 18.7. The van der Waals surface area contributed by atoms with Crippen LogP contribution in [0.2, 0.25) is 0 Å². The molecular formula is C20H15F3N4O3. The minimum absolute atomic E-state index is 0.360. The van der Waals surface area contributed by atoms with Crippen molar-refractivity contribution in [1.82, 2.24) is 10.2 Å². The van der Waals surface area contributed by atoms with Crippen LogP contribution in [0.5, 0.6) is 0 Å². The SMILES string of the molecule is CC1(c2ccc(C#N)cc2)NC(=O)N(CC(=O)Nc2ccccc2C(F)(F)F)C1=O. The van der Waals surface area contributed by atoms with Crippen LogP contribution in [0.1, 0.15) is 23.6 Å². The van der Waals surface area contributed by atoms with Gasteiger partial charge in [-0.2, -0.15) is 18.4 Å². The Morgan fingerprint density at radius 3 is 2.40 bits per heavy atom. The molecule has 1 aliphatic heterocycles. The van der Waals surface area contributed by atoms with Crippen molar-refractivity contribution in [3.05, 3.63) is 65.2 Å². The van der Waals surface area contributed by atoms with Crippen molar-refractivity contribution in [2.45, 2.75) is 18.6 Å². The molecule has 2 N–H and O–H groups in total. The maximum atomic E-state index is 13.1. The summed E-state index contributed by atoms with van der Waals surface area (Å²) in [7, 11) is 0. The van der Waals surface area contributed by atoms with Crippen LogP contribution in [0.25, 0.3) is 0 Å². The van der Waals surface area contributed by atoms with Gasteiger partial charge in [0.1, 0.15) is 12.1 Å². The molecule has 0 spiro atoms. The zero-order valence-electron chi connectivity index (χ0n) is 15.6. The third-order valence-electron chi connectivity index (χ3n) is 4.67. The first-order chi connectivity index (χ1) is 14.1. The molecule has 0 aromatic heterocycles. The number of nitrogens with one attached hydrogen (secondary N) is 2. The smallest absolute Gasteiger partial charge is 0.324 e. The zero-order valence-corrected chi connectivity index (χ0v) is 15.6. The van der Waals surface area contributed by atoms with Gasteiger partial charge in [-0.25, -0.2) is 4.79 Å². The van der Waals surface area contributed by atoms with Gasteiger partial charge in [0.25, 0.3) is 5.91 Å². The van der Waals surface area contributed by atoms with E-state index >= 15 is 0 Å². The van der Waals surface area contributed by atoms with Crippen molar-refractivity contribution in [2.24, 2.45) is 0 Å². The van der Waals surface area contributed by atoms with E-state index in [2.05, 4.69) is 10.6 Å². The van der Waals surface area contributed by atoms with E-state index in [0.717, 1.165) is 12.1 Å². The molecule has 1 fully saturated rings. The largest absolute Gasteiger partial charge is 0.418 e. The summed E-state index contributed by atoms with van der Waals surface area (Å²) in [5.41, 5.74) is -2.24. The molecule has 2 aromatic rings. The lowest BCUT2D eigenvalue weighted by molar-refractivity contribution is -0.137. The number of halogens is 3. The number of amides is 4. The fourth-order valence-electron chi connectivity index (χ4n) is 3.09. The number of anilines is 1. The average Bonchev–Trinajstić information content (AvgIpc) is 2.91. The van der Waals surface area contributed by atoms with Gasteiger partial charge >= 0.3 is 12.2 Å². The van der Waals surface area contributed by atoms with Crippen molar-refractivity contribution in [2.75, 3.05) is 11.9 Å². The predicted molar refractivity (Wildman–Crippen MR) is 98.8 cm³/mol. The number of rotatable bonds is 4. The molecule has 154 valence electrons. The summed E-state index contributed by atoms with van der Waals surface area (Å²) in [6.45, 7) is 0.675. The van der Waals surface area contributed by atoms with Gasteiger partial charge in [-0.3, -0.25) is 14.5 Å². The number of nitriles is 1. The Bertz CT molecular complexity index is 1060. The molecule has 0 saturated carbocycles. The number of imide groups is 1. The highest BCUT2D eigenvalue weighted by Crippen LogP contribution is 2.34. The number of hydrogen-bond donors (Lipinski definition) is 2. The number of nitrogens with zero attached hydrogens (tertiary/aromatic N) is 2. The van der Waals surface area contributed by atoms with Crippen molar-refractivity contribution >= 4 is 23.5 Å². The molecule has 0 radical (unpaired) electrons. The fourth-order valence-corrected chi connectivity index (χ4v) is 3.09.